The molecule has 0 saturated carbocycles. The van der Waals surface area contributed by atoms with Gasteiger partial charge < -0.3 is 4.42 Å². The number of carbonyl (C=O) groups excluding carboxylic acids is 2. The molecule has 0 radical (unpaired) electrons. The van der Waals surface area contributed by atoms with Crippen LogP contribution < -0.4 is 5.43 Å². The number of hydrogen-bond acceptors (Lipinski definition) is 5. The van der Waals surface area contributed by atoms with Gasteiger partial charge in [-0.3, -0.25) is 15.0 Å². The van der Waals surface area contributed by atoms with Gasteiger partial charge in [0.1, 0.15) is 11.5 Å². The van der Waals surface area contributed by atoms with E-state index in [1.165, 1.54) is 0 Å². The maximum absolute atomic E-state index is 12.7. The minimum absolute atomic E-state index is 0.255. The number of furan rings is 1. The van der Waals surface area contributed by atoms with Gasteiger partial charge in [-0.05, 0) is 48.6 Å². The molecule has 8 heteroatoms. The van der Waals surface area contributed by atoms with Gasteiger partial charge in [0.2, 0.25) is 0 Å². The molecule has 4 rings (SSSR count). The Bertz CT molecular complexity index is 1120. The summed E-state index contributed by atoms with van der Waals surface area (Å²) in [6, 6.07) is 20.0. The minimum Gasteiger partial charge on any atom is -0.457 e. The van der Waals surface area contributed by atoms with Gasteiger partial charge in [-0.25, -0.2) is 0 Å². The first-order valence-electron chi connectivity index (χ1n) is 8.51. The van der Waals surface area contributed by atoms with Gasteiger partial charge in [0.15, 0.2) is 4.32 Å². The second kappa shape index (κ2) is 8.36. The van der Waals surface area contributed by atoms with Crippen molar-refractivity contribution in [1.82, 2.24) is 10.4 Å². The van der Waals surface area contributed by atoms with E-state index < -0.39 is 11.8 Å². The second-order valence-electron chi connectivity index (χ2n) is 6.03. The molecular formula is C21H13BrN2O3S2. The molecule has 5 nitrogen and oxygen atoms in total. The topological polar surface area (TPSA) is 62.6 Å². The predicted octanol–water partition coefficient (Wildman–Crippen LogP) is 5.26. The summed E-state index contributed by atoms with van der Waals surface area (Å²) in [5.74, 6) is 0.416. The lowest BCUT2D eigenvalue weighted by Gasteiger charge is -2.15. The van der Waals surface area contributed by atoms with E-state index in [1.54, 1.807) is 36.4 Å². The van der Waals surface area contributed by atoms with Crippen LogP contribution in [0.25, 0.3) is 17.4 Å². The van der Waals surface area contributed by atoms with Gasteiger partial charge in [0, 0.05) is 21.7 Å². The van der Waals surface area contributed by atoms with E-state index in [1.807, 2.05) is 36.4 Å². The SMILES string of the molecule is O=C(NN1C(=O)C(=Cc2ccc(-c3ccc(Br)cc3)o2)SC1=S)c1ccccc1. The number of amides is 2. The number of thioether (sulfide) groups is 1. The van der Waals surface area contributed by atoms with Crippen molar-refractivity contribution in [2.45, 2.75) is 0 Å². The number of hydrazine groups is 1. The van der Waals surface area contributed by atoms with E-state index >= 15 is 0 Å². The first kappa shape index (κ1) is 19.6. The molecule has 2 heterocycles. The Morgan fingerprint density at radius 3 is 2.52 bits per heavy atom. The smallest absolute Gasteiger partial charge is 0.285 e. The highest BCUT2D eigenvalue weighted by Crippen LogP contribution is 2.33. The van der Waals surface area contributed by atoms with E-state index in [0.29, 0.717) is 22.0 Å². The van der Waals surface area contributed by atoms with Crippen LogP contribution in [-0.2, 0) is 4.79 Å². The van der Waals surface area contributed by atoms with Crippen molar-refractivity contribution in [2.24, 2.45) is 0 Å². The number of nitrogens with zero attached hydrogens (tertiary/aromatic N) is 1. The number of nitrogens with one attached hydrogen (secondary N) is 1. The lowest BCUT2D eigenvalue weighted by atomic mass is 10.2. The van der Waals surface area contributed by atoms with Crippen molar-refractivity contribution < 1.29 is 14.0 Å². The van der Waals surface area contributed by atoms with Crippen LogP contribution in [0.1, 0.15) is 16.1 Å². The fourth-order valence-electron chi connectivity index (χ4n) is 2.65. The van der Waals surface area contributed by atoms with Crippen LogP contribution in [0.5, 0.6) is 0 Å². The molecule has 29 heavy (non-hydrogen) atoms. The minimum atomic E-state index is -0.404. The molecule has 1 N–H and O–H groups in total. The zero-order chi connectivity index (χ0) is 20.4. The zero-order valence-electron chi connectivity index (χ0n) is 14.8. The summed E-state index contributed by atoms with van der Waals surface area (Å²) in [4.78, 5) is 25.4. The summed E-state index contributed by atoms with van der Waals surface area (Å²) >= 11 is 9.76. The molecule has 0 spiro atoms. The van der Waals surface area contributed by atoms with Crippen molar-refractivity contribution in [2.75, 3.05) is 0 Å². The van der Waals surface area contributed by atoms with Crippen LogP contribution in [0, 0.1) is 0 Å². The first-order chi connectivity index (χ1) is 14.0. The van der Waals surface area contributed by atoms with Gasteiger partial charge in [-0.15, -0.1) is 0 Å². The molecule has 1 aliphatic rings. The third-order valence-corrected chi connectivity index (χ3v) is 5.90. The first-order valence-corrected chi connectivity index (χ1v) is 10.5. The van der Waals surface area contributed by atoms with E-state index in [9.17, 15) is 9.59 Å². The second-order valence-corrected chi connectivity index (χ2v) is 8.62. The van der Waals surface area contributed by atoms with Gasteiger partial charge in [0.25, 0.3) is 11.8 Å². The Morgan fingerprint density at radius 1 is 1.07 bits per heavy atom. The maximum atomic E-state index is 12.7. The number of thiocarbonyl (C=S) groups is 1. The van der Waals surface area contributed by atoms with Crippen LogP contribution in [0.15, 0.2) is 80.5 Å². The highest BCUT2D eigenvalue weighted by molar-refractivity contribution is 9.10. The summed E-state index contributed by atoms with van der Waals surface area (Å²) in [5, 5.41) is 1.08. The molecule has 144 valence electrons. The van der Waals surface area contributed by atoms with E-state index in [0.717, 1.165) is 26.8 Å². The van der Waals surface area contributed by atoms with Gasteiger partial charge in [-0.1, -0.05) is 58.0 Å². The quantitative estimate of drug-likeness (QED) is 0.404. The Kier molecular flexibility index (Phi) is 5.66. The summed E-state index contributed by atoms with van der Waals surface area (Å²) < 4.78 is 7.07. The molecule has 0 atom stereocenters. The molecular weight excluding hydrogens is 472 g/mol. The molecule has 1 aliphatic heterocycles. The summed E-state index contributed by atoms with van der Waals surface area (Å²) in [7, 11) is 0. The molecule has 1 fully saturated rings. The lowest BCUT2D eigenvalue weighted by molar-refractivity contribution is -0.123. The number of hydrogen-bond donors (Lipinski definition) is 1. The fraction of sp³-hybridized carbons (Fsp3) is 0. The monoisotopic (exact) mass is 484 g/mol. The van der Waals surface area contributed by atoms with Crippen LogP contribution >= 0.6 is 39.9 Å². The Balaban J connectivity index is 1.50. The average Bonchev–Trinajstić information content (AvgIpc) is 3.29. The van der Waals surface area contributed by atoms with Crippen molar-refractivity contribution in [3.8, 4) is 11.3 Å². The molecule has 1 saturated heterocycles. The van der Waals surface area contributed by atoms with Crippen LogP contribution in [0.2, 0.25) is 0 Å². The summed E-state index contributed by atoms with van der Waals surface area (Å²) in [5.41, 5.74) is 3.92. The van der Waals surface area contributed by atoms with Crippen LogP contribution in [0.4, 0.5) is 0 Å². The van der Waals surface area contributed by atoms with Crippen molar-refractivity contribution in [3.05, 3.63) is 87.4 Å². The Morgan fingerprint density at radius 2 is 1.79 bits per heavy atom. The van der Waals surface area contributed by atoms with Crippen molar-refractivity contribution in [1.29, 1.82) is 0 Å². The number of carbonyl (C=O) groups is 2. The molecule has 0 bridgehead atoms. The summed E-state index contributed by atoms with van der Waals surface area (Å²) in [6.45, 7) is 0. The predicted molar refractivity (Wildman–Crippen MR) is 121 cm³/mol. The maximum Gasteiger partial charge on any atom is 0.285 e. The van der Waals surface area contributed by atoms with Crippen LogP contribution in [0.3, 0.4) is 0 Å². The molecule has 0 unspecified atom stereocenters. The van der Waals surface area contributed by atoms with Gasteiger partial charge in [0.05, 0.1) is 4.91 Å². The highest BCUT2D eigenvalue weighted by Gasteiger charge is 2.34. The fourth-order valence-corrected chi connectivity index (χ4v) is 4.07. The van der Waals surface area contributed by atoms with Gasteiger partial charge in [-0.2, -0.15) is 5.01 Å². The molecule has 1 aromatic heterocycles. The third-order valence-electron chi connectivity index (χ3n) is 4.07. The highest BCUT2D eigenvalue weighted by atomic mass is 79.9. The Hall–Kier alpha value is -2.68. The van der Waals surface area contributed by atoms with Crippen LogP contribution in [-0.4, -0.2) is 21.1 Å². The molecule has 3 aromatic rings. The molecule has 2 aromatic carbocycles. The van der Waals surface area contributed by atoms with Gasteiger partial charge >= 0.3 is 0 Å². The molecule has 0 aliphatic carbocycles. The number of halogens is 1. The van der Waals surface area contributed by atoms with Crippen molar-refractivity contribution in [3.63, 3.8) is 0 Å². The summed E-state index contributed by atoms with van der Waals surface area (Å²) in [6.07, 6.45) is 1.62. The average molecular weight is 485 g/mol. The Labute approximate surface area is 184 Å². The van der Waals surface area contributed by atoms with Crippen molar-refractivity contribution >= 4 is 62.1 Å². The van der Waals surface area contributed by atoms with E-state index in [4.69, 9.17) is 16.6 Å². The number of rotatable bonds is 4. The third kappa shape index (κ3) is 4.34. The zero-order valence-corrected chi connectivity index (χ0v) is 18.0. The lowest BCUT2D eigenvalue weighted by Crippen LogP contribution is -2.44. The largest absolute Gasteiger partial charge is 0.457 e. The normalized spacial score (nSPS) is 15.2. The number of benzene rings is 2. The molecule has 2 amide bonds. The standard InChI is InChI=1S/C21H13BrN2O3S2/c22-15-8-6-13(7-9-15)17-11-10-16(27-17)12-18-20(26)24(21(28)29-18)23-19(25)14-4-2-1-3-5-14/h1-12H,(H,23,25). The van der Waals surface area contributed by atoms with E-state index in [2.05, 4.69) is 21.4 Å². The van der Waals surface area contributed by atoms with E-state index in [-0.39, 0.29) is 4.32 Å².